The van der Waals surface area contributed by atoms with Crippen LogP contribution in [0.5, 0.6) is 11.5 Å². The number of methoxy groups -OCH3 is 1. The second-order valence-electron chi connectivity index (χ2n) is 8.47. The van der Waals surface area contributed by atoms with Crippen molar-refractivity contribution in [1.29, 1.82) is 0 Å². The SMILES string of the molecule is COc1ccc(-c2coc3cc(CO)cc(CO)c3c2=O)cc1OC/C=C(\C)CCC=C(C)C. The lowest BCUT2D eigenvalue weighted by atomic mass is 10.0. The highest BCUT2D eigenvalue weighted by atomic mass is 16.5. The topological polar surface area (TPSA) is 89.1 Å². The molecule has 0 atom stereocenters. The summed E-state index contributed by atoms with van der Waals surface area (Å²) in [5.41, 5.74) is 4.55. The minimum atomic E-state index is -0.338. The second-order valence-corrected chi connectivity index (χ2v) is 8.47. The van der Waals surface area contributed by atoms with E-state index in [4.69, 9.17) is 13.9 Å². The van der Waals surface area contributed by atoms with E-state index in [-0.39, 0.29) is 18.6 Å². The fourth-order valence-electron chi connectivity index (χ4n) is 3.73. The molecule has 2 aromatic carbocycles. The van der Waals surface area contributed by atoms with Crippen molar-refractivity contribution in [2.24, 2.45) is 0 Å². The van der Waals surface area contributed by atoms with Crippen LogP contribution in [0.2, 0.25) is 0 Å². The van der Waals surface area contributed by atoms with Gasteiger partial charge in [-0.1, -0.05) is 29.4 Å². The predicted molar refractivity (Wildman–Crippen MR) is 134 cm³/mol. The summed E-state index contributed by atoms with van der Waals surface area (Å²) in [5.74, 6) is 1.08. The monoisotopic (exact) mass is 464 g/mol. The number of rotatable bonds is 10. The molecule has 0 aliphatic heterocycles. The van der Waals surface area contributed by atoms with Gasteiger partial charge in [0.2, 0.25) is 5.43 Å². The Hall–Kier alpha value is -3.35. The van der Waals surface area contributed by atoms with E-state index in [1.165, 1.54) is 17.4 Å². The van der Waals surface area contributed by atoms with Gasteiger partial charge in [-0.05, 0) is 74.6 Å². The Morgan fingerprint density at radius 1 is 1.03 bits per heavy atom. The molecule has 0 radical (unpaired) electrons. The third-order valence-electron chi connectivity index (χ3n) is 5.61. The molecule has 34 heavy (non-hydrogen) atoms. The highest BCUT2D eigenvalue weighted by Crippen LogP contribution is 2.33. The third kappa shape index (κ3) is 5.95. The molecule has 0 spiro atoms. The summed E-state index contributed by atoms with van der Waals surface area (Å²) >= 11 is 0. The molecule has 3 rings (SSSR count). The zero-order valence-electron chi connectivity index (χ0n) is 20.2. The van der Waals surface area contributed by atoms with Crippen LogP contribution in [0.25, 0.3) is 22.1 Å². The molecule has 3 aromatic rings. The Morgan fingerprint density at radius 2 is 1.82 bits per heavy atom. The predicted octanol–water partition coefficient (Wildman–Crippen LogP) is 5.52. The summed E-state index contributed by atoms with van der Waals surface area (Å²) in [6.07, 6.45) is 7.62. The molecule has 0 amide bonds. The largest absolute Gasteiger partial charge is 0.493 e. The van der Waals surface area contributed by atoms with Crippen LogP contribution in [0.4, 0.5) is 0 Å². The molecule has 0 saturated carbocycles. The van der Waals surface area contributed by atoms with Gasteiger partial charge in [0.15, 0.2) is 11.5 Å². The van der Waals surface area contributed by atoms with E-state index in [2.05, 4.69) is 26.8 Å². The number of aliphatic hydroxyl groups excluding tert-OH is 2. The van der Waals surface area contributed by atoms with Crippen molar-refractivity contribution >= 4 is 11.0 Å². The first kappa shape index (κ1) is 25.3. The summed E-state index contributed by atoms with van der Waals surface area (Å²) < 4.78 is 17.1. The van der Waals surface area contributed by atoms with Crippen molar-refractivity contribution in [1.82, 2.24) is 0 Å². The first-order valence-corrected chi connectivity index (χ1v) is 11.3. The zero-order valence-corrected chi connectivity index (χ0v) is 20.2. The summed E-state index contributed by atoms with van der Waals surface area (Å²) in [6.45, 7) is 6.09. The molecule has 0 aliphatic carbocycles. The minimum absolute atomic E-state index is 0.212. The molecule has 6 nitrogen and oxygen atoms in total. The number of benzene rings is 2. The van der Waals surface area contributed by atoms with Gasteiger partial charge in [0, 0.05) is 0 Å². The highest BCUT2D eigenvalue weighted by Gasteiger charge is 2.16. The maximum absolute atomic E-state index is 13.3. The lowest BCUT2D eigenvalue weighted by Gasteiger charge is -2.12. The molecule has 180 valence electrons. The van der Waals surface area contributed by atoms with Crippen LogP contribution in [0.15, 0.2) is 69.1 Å². The number of hydrogen-bond acceptors (Lipinski definition) is 6. The Labute approximate surface area is 199 Å². The Balaban J connectivity index is 1.91. The lowest BCUT2D eigenvalue weighted by molar-refractivity contribution is 0.276. The molecule has 0 fully saturated rings. The minimum Gasteiger partial charge on any atom is -0.493 e. The van der Waals surface area contributed by atoms with Crippen LogP contribution >= 0.6 is 0 Å². The van der Waals surface area contributed by atoms with Gasteiger partial charge in [0.1, 0.15) is 18.5 Å². The van der Waals surface area contributed by atoms with E-state index in [0.29, 0.717) is 51.3 Å². The molecule has 1 aromatic heterocycles. The Kier molecular flexibility index (Phi) is 8.68. The Bertz CT molecular complexity index is 1260. The van der Waals surface area contributed by atoms with Gasteiger partial charge in [0.25, 0.3) is 0 Å². The number of ether oxygens (including phenoxy) is 2. The van der Waals surface area contributed by atoms with Crippen LogP contribution in [0.3, 0.4) is 0 Å². The van der Waals surface area contributed by atoms with Gasteiger partial charge in [-0.15, -0.1) is 0 Å². The van der Waals surface area contributed by atoms with E-state index < -0.39 is 0 Å². The fourth-order valence-corrected chi connectivity index (χ4v) is 3.73. The molecule has 0 unspecified atom stereocenters. The van der Waals surface area contributed by atoms with Crippen LogP contribution in [0.1, 0.15) is 44.7 Å². The van der Waals surface area contributed by atoms with Gasteiger partial charge in [-0.2, -0.15) is 0 Å². The highest BCUT2D eigenvalue weighted by molar-refractivity contribution is 5.85. The fraction of sp³-hybridized carbons (Fsp3) is 0.321. The van der Waals surface area contributed by atoms with Gasteiger partial charge >= 0.3 is 0 Å². The molecule has 0 aliphatic rings. The maximum Gasteiger partial charge on any atom is 0.200 e. The summed E-state index contributed by atoms with van der Waals surface area (Å²) in [5, 5.41) is 19.5. The summed E-state index contributed by atoms with van der Waals surface area (Å²) in [6, 6.07) is 8.49. The van der Waals surface area contributed by atoms with E-state index in [9.17, 15) is 15.0 Å². The van der Waals surface area contributed by atoms with Crippen molar-refractivity contribution in [2.45, 2.75) is 46.8 Å². The first-order chi connectivity index (χ1) is 16.4. The molecular weight excluding hydrogens is 432 g/mol. The summed E-state index contributed by atoms with van der Waals surface area (Å²) in [4.78, 5) is 13.3. The van der Waals surface area contributed by atoms with Crippen LogP contribution in [-0.4, -0.2) is 23.9 Å². The summed E-state index contributed by atoms with van der Waals surface area (Å²) in [7, 11) is 1.57. The van der Waals surface area contributed by atoms with Gasteiger partial charge in [0.05, 0.1) is 31.3 Å². The number of allylic oxidation sites excluding steroid dienone is 3. The van der Waals surface area contributed by atoms with Crippen molar-refractivity contribution in [3.63, 3.8) is 0 Å². The number of hydrogen-bond donors (Lipinski definition) is 2. The van der Waals surface area contributed by atoms with Crippen molar-refractivity contribution in [2.75, 3.05) is 13.7 Å². The van der Waals surface area contributed by atoms with Crippen molar-refractivity contribution < 1.29 is 24.1 Å². The van der Waals surface area contributed by atoms with Crippen molar-refractivity contribution in [3.8, 4) is 22.6 Å². The maximum atomic E-state index is 13.3. The van der Waals surface area contributed by atoms with Crippen LogP contribution < -0.4 is 14.9 Å². The molecule has 1 heterocycles. The quantitative estimate of drug-likeness (QED) is 0.384. The second kappa shape index (κ2) is 11.7. The smallest absolute Gasteiger partial charge is 0.200 e. The average molecular weight is 465 g/mol. The number of aliphatic hydroxyl groups is 2. The lowest BCUT2D eigenvalue weighted by Crippen LogP contribution is -2.08. The zero-order chi connectivity index (χ0) is 24.7. The van der Waals surface area contributed by atoms with E-state index in [0.717, 1.165) is 12.8 Å². The first-order valence-electron chi connectivity index (χ1n) is 11.3. The molecule has 6 heteroatoms. The van der Waals surface area contributed by atoms with Crippen molar-refractivity contribution in [3.05, 3.63) is 81.2 Å². The number of fused-ring (bicyclic) bond motifs is 1. The Morgan fingerprint density at radius 3 is 2.50 bits per heavy atom. The van der Waals surface area contributed by atoms with E-state index in [1.807, 2.05) is 6.08 Å². The average Bonchev–Trinajstić information content (AvgIpc) is 2.83. The van der Waals surface area contributed by atoms with E-state index in [1.54, 1.807) is 37.4 Å². The van der Waals surface area contributed by atoms with Crippen LogP contribution in [-0.2, 0) is 13.2 Å². The normalized spacial score (nSPS) is 11.5. The van der Waals surface area contributed by atoms with Gasteiger partial charge in [-0.3, -0.25) is 4.79 Å². The molecular formula is C28H32O6. The molecule has 0 saturated heterocycles. The van der Waals surface area contributed by atoms with E-state index >= 15 is 0 Å². The standard InChI is InChI=1S/C28H32O6/c1-18(2)6-5-7-19(3)10-11-33-25-14-21(8-9-24(25)32-4)23-17-34-26-13-20(15-29)12-22(16-30)27(26)28(23)31/h6,8-10,12-14,17,29-30H,5,7,11,15-16H2,1-4H3/b19-10+. The van der Waals surface area contributed by atoms with Gasteiger partial charge < -0.3 is 24.1 Å². The third-order valence-corrected chi connectivity index (χ3v) is 5.61. The van der Waals surface area contributed by atoms with Crippen LogP contribution in [0, 0.1) is 0 Å². The molecule has 2 N–H and O–H groups in total. The molecule has 0 bridgehead atoms. The van der Waals surface area contributed by atoms with Gasteiger partial charge in [-0.25, -0.2) is 0 Å².